The van der Waals surface area contributed by atoms with E-state index < -0.39 is 0 Å². The van der Waals surface area contributed by atoms with Gasteiger partial charge in [-0.05, 0) is 40.0 Å². The van der Waals surface area contributed by atoms with Crippen molar-refractivity contribution in [3.63, 3.8) is 0 Å². The zero-order chi connectivity index (χ0) is 9.19. The van der Waals surface area contributed by atoms with Crippen LogP contribution in [0.2, 0.25) is 0 Å². The van der Waals surface area contributed by atoms with Crippen LogP contribution < -0.4 is 0 Å². The van der Waals surface area contributed by atoms with Crippen molar-refractivity contribution in [3.05, 3.63) is 11.6 Å². The van der Waals surface area contributed by atoms with Crippen LogP contribution in [-0.2, 0) is 4.74 Å². The van der Waals surface area contributed by atoms with Crippen molar-refractivity contribution in [2.75, 3.05) is 0 Å². The summed E-state index contributed by atoms with van der Waals surface area (Å²) in [5.74, 6) is 0. The van der Waals surface area contributed by atoms with Crippen LogP contribution in [0.3, 0.4) is 0 Å². The number of rotatable bonds is 4. The second-order valence-electron chi connectivity index (χ2n) is 4.05. The number of hydrogen-bond acceptors (Lipinski definition) is 1. The molecule has 1 aliphatic heterocycles. The van der Waals surface area contributed by atoms with E-state index in [-0.39, 0.29) is 5.60 Å². The summed E-state index contributed by atoms with van der Waals surface area (Å²) in [6.07, 6.45) is 6.33. The first kappa shape index (κ1) is 9.79. The molecule has 1 atom stereocenters. The minimum atomic E-state index is 0.173. The van der Waals surface area contributed by atoms with Gasteiger partial charge in [-0.2, -0.15) is 0 Å². The van der Waals surface area contributed by atoms with Gasteiger partial charge in [0.2, 0.25) is 0 Å². The van der Waals surface area contributed by atoms with Gasteiger partial charge in [-0.25, -0.2) is 0 Å². The van der Waals surface area contributed by atoms with Crippen molar-refractivity contribution in [2.45, 2.75) is 58.7 Å². The van der Waals surface area contributed by atoms with Gasteiger partial charge in [-0.15, -0.1) is 0 Å². The van der Waals surface area contributed by atoms with E-state index in [1.165, 1.54) is 19.3 Å². The van der Waals surface area contributed by atoms with Crippen molar-refractivity contribution in [1.29, 1.82) is 0 Å². The molecule has 70 valence electrons. The predicted molar refractivity (Wildman–Crippen MR) is 52.2 cm³/mol. The molecular weight excluding hydrogens is 148 g/mol. The highest BCUT2D eigenvalue weighted by atomic mass is 16.6. The van der Waals surface area contributed by atoms with Crippen LogP contribution in [0.5, 0.6) is 0 Å². The molecule has 0 aromatic heterocycles. The highest BCUT2D eigenvalue weighted by Gasteiger charge is 2.46. The van der Waals surface area contributed by atoms with Gasteiger partial charge >= 0.3 is 0 Å². The summed E-state index contributed by atoms with van der Waals surface area (Å²) >= 11 is 0. The first-order valence-corrected chi connectivity index (χ1v) is 4.92. The van der Waals surface area contributed by atoms with Gasteiger partial charge in [0, 0.05) is 0 Å². The van der Waals surface area contributed by atoms with Crippen molar-refractivity contribution in [1.82, 2.24) is 0 Å². The van der Waals surface area contributed by atoms with Gasteiger partial charge in [0.15, 0.2) is 0 Å². The second-order valence-corrected chi connectivity index (χ2v) is 4.05. The number of allylic oxidation sites excluding steroid dienone is 2. The molecule has 1 aliphatic rings. The minimum absolute atomic E-state index is 0.173. The Morgan fingerprint density at radius 1 is 1.50 bits per heavy atom. The van der Waals surface area contributed by atoms with Gasteiger partial charge < -0.3 is 4.74 Å². The molecule has 0 bridgehead atoms. The molecule has 0 spiro atoms. The lowest BCUT2D eigenvalue weighted by Gasteiger charge is -2.01. The van der Waals surface area contributed by atoms with Gasteiger partial charge in [0.25, 0.3) is 0 Å². The summed E-state index contributed by atoms with van der Waals surface area (Å²) in [6.45, 7) is 8.67. The number of epoxide rings is 1. The molecule has 1 heterocycles. The lowest BCUT2D eigenvalue weighted by molar-refractivity contribution is 0.320. The Morgan fingerprint density at radius 2 is 2.08 bits per heavy atom. The van der Waals surface area contributed by atoms with Crippen LogP contribution in [0.1, 0.15) is 47.0 Å². The van der Waals surface area contributed by atoms with E-state index in [0.717, 1.165) is 0 Å². The van der Waals surface area contributed by atoms with Crippen LogP contribution in [0.25, 0.3) is 0 Å². The third-order valence-corrected chi connectivity index (χ3v) is 2.75. The molecule has 0 N–H and O–H groups in total. The Labute approximate surface area is 75.8 Å². The van der Waals surface area contributed by atoms with Crippen molar-refractivity contribution in [2.24, 2.45) is 0 Å². The van der Waals surface area contributed by atoms with E-state index in [4.69, 9.17) is 4.74 Å². The average Bonchev–Trinajstić information content (AvgIpc) is 2.61. The fraction of sp³-hybridized carbons (Fsp3) is 0.818. The molecule has 1 rings (SSSR count). The van der Waals surface area contributed by atoms with Gasteiger partial charge in [-0.1, -0.05) is 18.6 Å². The Balaban J connectivity index is 2.19. The summed E-state index contributed by atoms with van der Waals surface area (Å²) < 4.78 is 5.52. The highest BCUT2D eigenvalue weighted by molar-refractivity contribution is 5.03. The maximum Gasteiger partial charge on any atom is 0.0892 e. The SMILES string of the molecule is C/C=C(\CC)CCC1OC1(C)C. The summed E-state index contributed by atoms with van der Waals surface area (Å²) in [6, 6.07) is 0. The Bertz CT molecular complexity index is 179. The van der Waals surface area contributed by atoms with E-state index in [1.807, 2.05) is 0 Å². The average molecular weight is 168 g/mol. The quantitative estimate of drug-likeness (QED) is 0.463. The third kappa shape index (κ3) is 2.34. The fourth-order valence-corrected chi connectivity index (χ4v) is 1.58. The molecule has 1 heteroatoms. The van der Waals surface area contributed by atoms with Crippen LogP contribution in [0.15, 0.2) is 11.6 Å². The summed E-state index contributed by atoms with van der Waals surface area (Å²) in [5.41, 5.74) is 1.73. The van der Waals surface area contributed by atoms with E-state index in [0.29, 0.717) is 6.10 Å². The van der Waals surface area contributed by atoms with Crippen LogP contribution >= 0.6 is 0 Å². The first-order valence-electron chi connectivity index (χ1n) is 4.92. The van der Waals surface area contributed by atoms with Gasteiger partial charge in [0.1, 0.15) is 0 Å². The molecule has 0 aromatic carbocycles. The van der Waals surface area contributed by atoms with Gasteiger partial charge in [-0.3, -0.25) is 0 Å². The Morgan fingerprint density at radius 3 is 2.42 bits per heavy atom. The molecule has 0 aliphatic carbocycles. The number of ether oxygens (including phenoxy) is 1. The second kappa shape index (κ2) is 3.61. The molecule has 1 nitrogen and oxygen atoms in total. The van der Waals surface area contributed by atoms with Crippen molar-refractivity contribution in [3.8, 4) is 0 Å². The molecule has 1 unspecified atom stereocenters. The standard InChI is InChI=1S/C11H20O/c1-5-9(6-2)7-8-10-11(3,4)12-10/h5,10H,6-8H2,1-4H3/b9-5+. The van der Waals surface area contributed by atoms with E-state index in [9.17, 15) is 0 Å². The third-order valence-electron chi connectivity index (χ3n) is 2.75. The fourth-order valence-electron chi connectivity index (χ4n) is 1.58. The van der Waals surface area contributed by atoms with Crippen molar-refractivity contribution >= 4 is 0 Å². The maximum atomic E-state index is 5.52. The zero-order valence-electron chi connectivity index (χ0n) is 8.68. The van der Waals surface area contributed by atoms with Crippen LogP contribution in [-0.4, -0.2) is 11.7 Å². The Hall–Kier alpha value is -0.300. The largest absolute Gasteiger partial charge is 0.367 e. The van der Waals surface area contributed by atoms with Crippen LogP contribution in [0.4, 0.5) is 0 Å². The topological polar surface area (TPSA) is 12.5 Å². The van der Waals surface area contributed by atoms with E-state index >= 15 is 0 Å². The summed E-state index contributed by atoms with van der Waals surface area (Å²) in [7, 11) is 0. The lowest BCUT2D eigenvalue weighted by Crippen LogP contribution is -2.02. The van der Waals surface area contributed by atoms with E-state index in [2.05, 4.69) is 33.8 Å². The number of hydrogen-bond donors (Lipinski definition) is 0. The monoisotopic (exact) mass is 168 g/mol. The lowest BCUT2D eigenvalue weighted by atomic mass is 10.0. The minimum Gasteiger partial charge on any atom is -0.367 e. The summed E-state index contributed by atoms with van der Waals surface area (Å²) in [4.78, 5) is 0. The molecule has 12 heavy (non-hydrogen) atoms. The van der Waals surface area contributed by atoms with Crippen molar-refractivity contribution < 1.29 is 4.74 Å². The van der Waals surface area contributed by atoms with Crippen LogP contribution in [0, 0.1) is 0 Å². The van der Waals surface area contributed by atoms with Gasteiger partial charge in [0.05, 0.1) is 11.7 Å². The zero-order valence-corrected chi connectivity index (χ0v) is 8.68. The maximum absolute atomic E-state index is 5.52. The molecule has 0 saturated carbocycles. The molecule has 1 saturated heterocycles. The normalized spacial score (nSPS) is 27.3. The first-order chi connectivity index (χ1) is 5.60. The predicted octanol–water partition coefficient (Wildman–Crippen LogP) is 3.30. The molecule has 0 aromatic rings. The van der Waals surface area contributed by atoms with E-state index in [1.54, 1.807) is 5.57 Å². The molecule has 1 fully saturated rings. The highest BCUT2D eigenvalue weighted by Crippen LogP contribution is 2.39. The molecular formula is C11H20O. The Kier molecular flexibility index (Phi) is 2.94. The molecule has 0 amide bonds. The smallest absolute Gasteiger partial charge is 0.0892 e. The molecule has 0 radical (unpaired) electrons. The summed E-state index contributed by atoms with van der Waals surface area (Å²) in [5, 5.41) is 0.